The first kappa shape index (κ1) is 21.1. The molecular formula is C22H26ClN3O3. The molecule has 29 heavy (non-hydrogen) atoms. The predicted octanol–water partition coefficient (Wildman–Crippen LogP) is 4.29. The molecule has 1 heterocycles. The van der Waals surface area contributed by atoms with E-state index in [0.717, 1.165) is 25.9 Å². The number of nitrogens with zero attached hydrogens (tertiary/aromatic N) is 1. The molecule has 1 atom stereocenters. The molecule has 1 amide bonds. The Morgan fingerprint density at radius 3 is 2.69 bits per heavy atom. The molecule has 2 N–H and O–H groups in total. The lowest BCUT2D eigenvalue weighted by molar-refractivity contribution is 0.0975. The van der Waals surface area contributed by atoms with Gasteiger partial charge in [0.2, 0.25) is 5.96 Å². The fourth-order valence-electron chi connectivity index (χ4n) is 3.04. The normalized spacial score (nSPS) is 16.5. The van der Waals surface area contributed by atoms with Crippen molar-refractivity contribution in [1.29, 1.82) is 0 Å². The van der Waals surface area contributed by atoms with E-state index in [2.05, 4.69) is 22.5 Å². The van der Waals surface area contributed by atoms with E-state index in [4.69, 9.17) is 21.1 Å². The molecule has 1 aliphatic heterocycles. The van der Waals surface area contributed by atoms with Crippen molar-refractivity contribution in [3.8, 4) is 5.75 Å². The Labute approximate surface area is 176 Å². The number of anilines is 1. The van der Waals surface area contributed by atoms with Gasteiger partial charge in [-0.15, -0.1) is 0 Å². The van der Waals surface area contributed by atoms with Crippen LogP contribution in [0.25, 0.3) is 0 Å². The fraction of sp³-hybridized carbons (Fsp3) is 0.364. The molecule has 0 saturated carbocycles. The van der Waals surface area contributed by atoms with Crippen LogP contribution in [0.5, 0.6) is 5.75 Å². The molecule has 154 valence electrons. The molecule has 3 rings (SSSR count). The summed E-state index contributed by atoms with van der Waals surface area (Å²) in [5.74, 6) is 0.701. The number of aliphatic imine (C=N–C) groups is 1. The van der Waals surface area contributed by atoms with Gasteiger partial charge in [-0.2, -0.15) is 0 Å². The van der Waals surface area contributed by atoms with Gasteiger partial charge in [-0.3, -0.25) is 10.1 Å². The van der Waals surface area contributed by atoms with Gasteiger partial charge in [-0.25, -0.2) is 4.99 Å². The number of hydrogen-bond donors (Lipinski definition) is 2. The van der Waals surface area contributed by atoms with E-state index in [-0.39, 0.29) is 12.0 Å². The van der Waals surface area contributed by atoms with Gasteiger partial charge in [0.05, 0.1) is 24.8 Å². The quantitative estimate of drug-likeness (QED) is 0.545. The minimum absolute atomic E-state index is 0.0759. The SMILES string of the molecule is CCc1ccc(C(=O)NC(=NC[C@H]2CCCO2)Nc2ccc(OC)c(Cl)c2)cc1. The number of methoxy groups -OCH3 is 1. The maximum Gasteiger partial charge on any atom is 0.257 e. The number of nitrogens with one attached hydrogen (secondary N) is 2. The molecule has 0 radical (unpaired) electrons. The average molecular weight is 416 g/mol. The molecule has 2 aromatic rings. The van der Waals surface area contributed by atoms with Gasteiger partial charge in [0.1, 0.15) is 5.75 Å². The van der Waals surface area contributed by atoms with Crippen molar-refractivity contribution >= 4 is 29.2 Å². The van der Waals surface area contributed by atoms with Gasteiger partial charge in [-0.05, 0) is 55.2 Å². The van der Waals surface area contributed by atoms with Crippen LogP contribution in [0.3, 0.4) is 0 Å². The molecular weight excluding hydrogens is 390 g/mol. The second-order valence-electron chi connectivity index (χ2n) is 6.80. The summed E-state index contributed by atoms with van der Waals surface area (Å²) in [4.78, 5) is 17.2. The third-order valence-electron chi connectivity index (χ3n) is 4.75. The number of ether oxygens (including phenoxy) is 2. The van der Waals surface area contributed by atoms with E-state index >= 15 is 0 Å². The number of amides is 1. The molecule has 0 spiro atoms. The minimum Gasteiger partial charge on any atom is -0.495 e. The van der Waals surface area contributed by atoms with Crippen LogP contribution in [-0.4, -0.2) is 38.2 Å². The molecule has 6 nitrogen and oxygen atoms in total. The van der Waals surface area contributed by atoms with Crippen molar-refractivity contribution < 1.29 is 14.3 Å². The van der Waals surface area contributed by atoms with Gasteiger partial charge in [0.15, 0.2) is 0 Å². The number of carbonyl (C=O) groups excluding carboxylic acids is 1. The first-order valence-corrected chi connectivity index (χ1v) is 10.1. The Balaban J connectivity index is 1.75. The number of benzene rings is 2. The van der Waals surface area contributed by atoms with Crippen molar-refractivity contribution in [3.05, 3.63) is 58.6 Å². The Hall–Kier alpha value is -2.57. The van der Waals surface area contributed by atoms with Gasteiger partial charge in [0.25, 0.3) is 5.91 Å². The van der Waals surface area contributed by atoms with E-state index in [1.807, 2.05) is 30.3 Å². The molecule has 1 fully saturated rings. The van der Waals surface area contributed by atoms with E-state index in [1.165, 1.54) is 5.56 Å². The summed E-state index contributed by atoms with van der Waals surface area (Å²) in [6, 6.07) is 12.8. The summed E-state index contributed by atoms with van der Waals surface area (Å²) in [5, 5.41) is 6.47. The number of hydrogen-bond acceptors (Lipinski definition) is 4. The molecule has 0 unspecified atom stereocenters. The maximum atomic E-state index is 12.7. The maximum absolute atomic E-state index is 12.7. The van der Waals surface area contributed by atoms with Crippen LogP contribution in [0.2, 0.25) is 5.02 Å². The summed E-state index contributed by atoms with van der Waals surface area (Å²) >= 11 is 6.21. The number of halogens is 1. The van der Waals surface area contributed by atoms with E-state index in [9.17, 15) is 4.79 Å². The summed E-state index contributed by atoms with van der Waals surface area (Å²) in [6.07, 6.45) is 3.01. The van der Waals surface area contributed by atoms with E-state index in [0.29, 0.717) is 34.5 Å². The summed E-state index contributed by atoms with van der Waals surface area (Å²) in [5.41, 5.74) is 2.45. The summed E-state index contributed by atoms with van der Waals surface area (Å²) in [7, 11) is 1.56. The highest BCUT2D eigenvalue weighted by molar-refractivity contribution is 6.32. The van der Waals surface area contributed by atoms with Gasteiger partial charge < -0.3 is 14.8 Å². The third kappa shape index (κ3) is 5.95. The lowest BCUT2D eigenvalue weighted by atomic mass is 10.1. The Bertz CT molecular complexity index is 862. The molecule has 2 aromatic carbocycles. The smallest absolute Gasteiger partial charge is 0.257 e. The molecule has 0 bridgehead atoms. The van der Waals surface area contributed by atoms with E-state index in [1.54, 1.807) is 19.2 Å². The third-order valence-corrected chi connectivity index (χ3v) is 5.04. The van der Waals surface area contributed by atoms with Crippen molar-refractivity contribution in [2.45, 2.75) is 32.3 Å². The van der Waals surface area contributed by atoms with Gasteiger partial charge in [-0.1, -0.05) is 30.7 Å². The van der Waals surface area contributed by atoms with E-state index < -0.39 is 0 Å². The summed E-state index contributed by atoms with van der Waals surface area (Å²) < 4.78 is 10.8. The van der Waals surface area contributed by atoms with Crippen LogP contribution in [0, 0.1) is 0 Å². The van der Waals surface area contributed by atoms with Crippen LogP contribution in [0.1, 0.15) is 35.7 Å². The van der Waals surface area contributed by atoms with Crippen LogP contribution >= 0.6 is 11.6 Å². The van der Waals surface area contributed by atoms with Crippen LogP contribution < -0.4 is 15.4 Å². The first-order chi connectivity index (χ1) is 14.1. The zero-order chi connectivity index (χ0) is 20.6. The monoisotopic (exact) mass is 415 g/mol. The first-order valence-electron chi connectivity index (χ1n) is 9.76. The zero-order valence-corrected chi connectivity index (χ0v) is 17.5. The highest BCUT2D eigenvalue weighted by Crippen LogP contribution is 2.27. The fourth-order valence-corrected chi connectivity index (χ4v) is 3.30. The number of rotatable bonds is 6. The molecule has 1 aliphatic rings. The number of aryl methyl sites for hydroxylation is 1. The van der Waals surface area contributed by atoms with Crippen LogP contribution in [0.15, 0.2) is 47.5 Å². The standard InChI is InChI=1S/C22H26ClN3O3/c1-3-15-6-8-16(9-7-15)21(27)26-22(24-14-18-5-4-12-29-18)25-17-10-11-20(28-2)19(23)13-17/h6-11,13,18H,3-5,12,14H2,1-2H3,(H2,24,25,26,27)/t18-/m1/s1. The summed E-state index contributed by atoms with van der Waals surface area (Å²) in [6.45, 7) is 3.31. The second-order valence-corrected chi connectivity index (χ2v) is 7.21. The molecule has 1 saturated heterocycles. The van der Waals surface area contributed by atoms with Crippen LogP contribution in [-0.2, 0) is 11.2 Å². The predicted molar refractivity (Wildman–Crippen MR) is 116 cm³/mol. The number of carbonyl (C=O) groups is 1. The minimum atomic E-state index is -0.231. The van der Waals surface area contributed by atoms with Gasteiger partial charge in [0, 0.05) is 17.9 Å². The lowest BCUT2D eigenvalue weighted by Gasteiger charge is -2.14. The van der Waals surface area contributed by atoms with Crippen molar-refractivity contribution in [2.75, 3.05) is 25.6 Å². The Kier molecular flexibility index (Phi) is 7.49. The van der Waals surface area contributed by atoms with Crippen LogP contribution in [0.4, 0.5) is 5.69 Å². The highest BCUT2D eigenvalue weighted by atomic mass is 35.5. The van der Waals surface area contributed by atoms with Crippen molar-refractivity contribution in [3.63, 3.8) is 0 Å². The molecule has 7 heteroatoms. The van der Waals surface area contributed by atoms with Gasteiger partial charge >= 0.3 is 0 Å². The molecule has 0 aliphatic carbocycles. The highest BCUT2D eigenvalue weighted by Gasteiger charge is 2.16. The number of guanidine groups is 1. The van der Waals surface area contributed by atoms with Crippen molar-refractivity contribution in [2.24, 2.45) is 4.99 Å². The zero-order valence-electron chi connectivity index (χ0n) is 16.7. The second kappa shape index (κ2) is 10.3. The lowest BCUT2D eigenvalue weighted by Crippen LogP contribution is -2.36. The Morgan fingerprint density at radius 2 is 2.07 bits per heavy atom. The average Bonchev–Trinajstić information content (AvgIpc) is 3.26. The topological polar surface area (TPSA) is 72.0 Å². The molecule has 0 aromatic heterocycles. The largest absolute Gasteiger partial charge is 0.495 e. The Morgan fingerprint density at radius 1 is 1.28 bits per heavy atom. The van der Waals surface area contributed by atoms with Crippen molar-refractivity contribution in [1.82, 2.24) is 5.32 Å².